The first-order valence-electron chi connectivity index (χ1n) is 6.30. The average molecular weight is 291 g/mol. The van der Waals surface area contributed by atoms with Gasteiger partial charge in [0.1, 0.15) is 11.6 Å². The lowest BCUT2D eigenvalue weighted by molar-refractivity contribution is 0.398. The monoisotopic (exact) mass is 290 g/mol. The van der Waals surface area contributed by atoms with Crippen LogP contribution in [0.5, 0.6) is 5.88 Å². The van der Waals surface area contributed by atoms with Crippen LogP contribution in [0.3, 0.4) is 0 Å². The lowest BCUT2D eigenvalue weighted by Crippen LogP contribution is -2.10. The van der Waals surface area contributed by atoms with E-state index in [4.69, 9.17) is 15.7 Å². The SMILES string of the molecule is COc1nc2nc3c(c(N)c2cc1C#N)CCCC3.Cl. The molecule has 0 aromatic carbocycles. The van der Waals surface area contributed by atoms with Gasteiger partial charge >= 0.3 is 0 Å². The Bertz CT molecular complexity index is 709. The highest BCUT2D eigenvalue weighted by Crippen LogP contribution is 2.32. The number of nitrogens with two attached hydrogens (primary N) is 1. The van der Waals surface area contributed by atoms with Gasteiger partial charge in [-0.3, -0.25) is 0 Å². The number of rotatable bonds is 1. The minimum Gasteiger partial charge on any atom is -0.480 e. The zero-order valence-electron chi connectivity index (χ0n) is 11.1. The van der Waals surface area contributed by atoms with Crippen molar-refractivity contribution < 1.29 is 4.74 Å². The number of halogens is 1. The summed E-state index contributed by atoms with van der Waals surface area (Å²) in [7, 11) is 1.50. The molecule has 2 heterocycles. The maximum atomic E-state index is 9.11. The summed E-state index contributed by atoms with van der Waals surface area (Å²) in [6.07, 6.45) is 4.18. The number of hydrogen-bond donors (Lipinski definition) is 1. The van der Waals surface area contributed by atoms with Gasteiger partial charge in [0, 0.05) is 16.8 Å². The van der Waals surface area contributed by atoms with E-state index in [0.717, 1.165) is 42.3 Å². The number of pyridine rings is 2. The maximum Gasteiger partial charge on any atom is 0.233 e. The van der Waals surface area contributed by atoms with Crippen LogP contribution >= 0.6 is 12.4 Å². The zero-order chi connectivity index (χ0) is 13.4. The van der Waals surface area contributed by atoms with Crippen molar-refractivity contribution in [1.82, 2.24) is 9.97 Å². The zero-order valence-corrected chi connectivity index (χ0v) is 12.0. The van der Waals surface area contributed by atoms with Gasteiger partial charge in [-0.15, -0.1) is 12.4 Å². The highest BCUT2D eigenvalue weighted by Gasteiger charge is 2.18. The summed E-state index contributed by atoms with van der Waals surface area (Å²) in [5.41, 5.74) is 10.0. The molecular formula is C14H15ClN4O. The van der Waals surface area contributed by atoms with Crippen molar-refractivity contribution in [1.29, 1.82) is 5.26 Å². The topological polar surface area (TPSA) is 84.8 Å². The third-order valence-electron chi connectivity index (χ3n) is 3.58. The highest BCUT2D eigenvalue weighted by atomic mass is 35.5. The van der Waals surface area contributed by atoms with E-state index >= 15 is 0 Å². The van der Waals surface area contributed by atoms with Crippen molar-refractivity contribution in [3.8, 4) is 11.9 Å². The van der Waals surface area contributed by atoms with Gasteiger partial charge in [0.2, 0.25) is 5.88 Å². The number of ether oxygens (including phenoxy) is 1. The van der Waals surface area contributed by atoms with Crippen LogP contribution in [0, 0.1) is 11.3 Å². The second-order valence-electron chi connectivity index (χ2n) is 4.69. The number of fused-ring (bicyclic) bond motifs is 2. The minimum absolute atomic E-state index is 0. The predicted octanol–water partition coefficient (Wildman–Crippen LogP) is 2.39. The summed E-state index contributed by atoms with van der Waals surface area (Å²) >= 11 is 0. The molecule has 0 unspecified atom stereocenters. The lowest BCUT2D eigenvalue weighted by Gasteiger charge is -2.18. The van der Waals surface area contributed by atoms with Crippen LogP contribution < -0.4 is 10.5 Å². The Morgan fingerprint density at radius 3 is 2.75 bits per heavy atom. The standard InChI is InChI=1S/C14H14N4O.ClH/c1-19-14-8(7-15)6-10-12(16)9-4-2-3-5-11(9)17-13(10)18-14;/h6H,2-5H2,1H3,(H2,16,17,18);1H. The Morgan fingerprint density at radius 2 is 2.05 bits per heavy atom. The molecule has 0 fully saturated rings. The fraction of sp³-hybridized carbons (Fsp3) is 0.357. The largest absolute Gasteiger partial charge is 0.480 e. The van der Waals surface area contributed by atoms with Crippen LogP contribution in [0.4, 0.5) is 5.69 Å². The van der Waals surface area contributed by atoms with E-state index < -0.39 is 0 Å². The quantitative estimate of drug-likeness (QED) is 0.871. The van der Waals surface area contributed by atoms with Crippen LogP contribution in [0.15, 0.2) is 6.07 Å². The van der Waals surface area contributed by atoms with Gasteiger partial charge in [-0.2, -0.15) is 10.2 Å². The fourth-order valence-electron chi connectivity index (χ4n) is 2.60. The van der Waals surface area contributed by atoms with Gasteiger partial charge < -0.3 is 10.5 Å². The van der Waals surface area contributed by atoms with Crippen LogP contribution in [0.1, 0.15) is 29.7 Å². The van der Waals surface area contributed by atoms with Gasteiger partial charge in [-0.05, 0) is 37.3 Å². The molecule has 2 aromatic heterocycles. The second-order valence-corrected chi connectivity index (χ2v) is 4.69. The van der Waals surface area contributed by atoms with Crippen molar-refractivity contribution in [3.63, 3.8) is 0 Å². The molecule has 20 heavy (non-hydrogen) atoms. The molecule has 0 amide bonds. The Labute approximate surface area is 123 Å². The molecule has 5 nitrogen and oxygen atoms in total. The number of nitrogen functional groups attached to an aromatic ring is 1. The molecule has 0 bridgehead atoms. The molecule has 0 spiro atoms. The Hall–Kier alpha value is -2.06. The van der Waals surface area contributed by atoms with Crippen molar-refractivity contribution in [2.24, 2.45) is 0 Å². The smallest absolute Gasteiger partial charge is 0.233 e. The third kappa shape index (κ3) is 2.12. The van der Waals surface area contributed by atoms with Gasteiger partial charge in [0.25, 0.3) is 0 Å². The molecule has 0 aliphatic heterocycles. The summed E-state index contributed by atoms with van der Waals surface area (Å²) in [4.78, 5) is 8.88. The molecular weight excluding hydrogens is 276 g/mol. The Kier molecular flexibility index (Phi) is 3.96. The van der Waals surface area contributed by atoms with E-state index in [0.29, 0.717) is 22.8 Å². The van der Waals surface area contributed by atoms with E-state index in [1.54, 1.807) is 6.07 Å². The van der Waals surface area contributed by atoms with E-state index in [-0.39, 0.29) is 12.4 Å². The van der Waals surface area contributed by atoms with E-state index in [9.17, 15) is 0 Å². The molecule has 1 aliphatic carbocycles. The summed E-state index contributed by atoms with van der Waals surface area (Å²) in [5.74, 6) is 0.303. The molecule has 0 atom stereocenters. The lowest BCUT2D eigenvalue weighted by atomic mass is 9.93. The van der Waals surface area contributed by atoms with Crippen molar-refractivity contribution in [2.75, 3.05) is 12.8 Å². The molecule has 104 valence electrons. The number of aryl methyl sites for hydroxylation is 1. The first kappa shape index (κ1) is 14.4. The van der Waals surface area contributed by atoms with Gasteiger partial charge in [0.15, 0.2) is 5.65 Å². The number of methoxy groups -OCH3 is 1. The van der Waals surface area contributed by atoms with E-state index in [1.165, 1.54) is 7.11 Å². The summed E-state index contributed by atoms with van der Waals surface area (Å²) in [6.45, 7) is 0. The summed E-state index contributed by atoms with van der Waals surface area (Å²) in [6, 6.07) is 3.80. The number of aromatic nitrogens is 2. The highest BCUT2D eigenvalue weighted by molar-refractivity contribution is 5.91. The average Bonchev–Trinajstić information content (AvgIpc) is 2.46. The molecule has 1 aliphatic rings. The van der Waals surface area contributed by atoms with Crippen molar-refractivity contribution in [3.05, 3.63) is 22.9 Å². The van der Waals surface area contributed by atoms with Crippen LogP contribution in [-0.2, 0) is 12.8 Å². The maximum absolute atomic E-state index is 9.11. The van der Waals surface area contributed by atoms with Gasteiger partial charge in [-0.1, -0.05) is 0 Å². The summed E-state index contributed by atoms with van der Waals surface area (Å²) < 4.78 is 5.11. The predicted molar refractivity (Wildman–Crippen MR) is 79.1 cm³/mol. The number of nitrogens with zero attached hydrogens (tertiary/aromatic N) is 3. The Balaban J connectivity index is 0.00000147. The van der Waals surface area contributed by atoms with Crippen LogP contribution in [0.25, 0.3) is 11.0 Å². The first-order chi connectivity index (χ1) is 9.24. The molecule has 6 heteroatoms. The molecule has 2 aromatic rings. The van der Waals surface area contributed by atoms with Crippen LogP contribution in [0.2, 0.25) is 0 Å². The summed E-state index contributed by atoms with van der Waals surface area (Å²) in [5, 5.41) is 9.86. The van der Waals surface area contributed by atoms with E-state index in [2.05, 4.69) is 16.0 Å². The molecule has 0 saturated heterocycles. The van der Waals surface area contributed by atoms with Crippen molar-refractivity contribution >= 4 is 29.1 Å². The Morgan fingerprint density at radius 1 is 1.30 bits per heavy atom. The molecule has 0 radical (unpaired) electrons. The first-order valence-corrected chi connectivity index (χ1v) is 6.30. The fourth-order valence-corrected chi connectivity index (χ4v) is 2.60. The number of hydrogen-bond acceptors (Lipinski definition) is 5. The third-order valence-corrected chi connectivity index (χ3v) is 3.58. The molecule has 3 rings (SSSR count). The number of anilines is 1. The molecule has 0 saturated carbocycles. The van der Waals surface area contributed by atoms with Gasteiger partial charge in [-0.25, -0.2) is 4.98 Å². The number of nitriles is 1. The molecule has 2 N–H and O–H groups in total. The minimum atomic E-state index is 0. The van der Waals surface area contributed by atoms with Gasteiger partial charge in [0.05, 0.1) is 7.11 Å². The normalized spacial score (nSPS) is 13.2. The second kappa shape index (κ2) is 5.51. The van der Waals surface area contributed by atoms with E-state index in [1.807, 2.05) is 0 Å². The van der Waals surface area contributed by atoms with Crippen molar-refractivity contribution in [2.45, 2.75) is 25.7 Å². The van der Waals surface area contributed by atoms with Crippen LogP contribution in [-0.4, -0.2) is 17.1 Å².